The van der Waals surface area contributed by atoms with E-state index in [4.69, 9.17) is 0 Å². The van der Waals surface area contributed by atoms with Gasteiger partial charge in [-0.25, -0.2) is 9.78 Å². The molecule has 7 heteroatoms. The standard InChI is InChI=1S/C8H7BrN2O4/c1-2-15-8(12)6-3-7(11(13)14)5(9)4-10-6/h3-4H,2H2,1H3. The predicted molar refractivity (Wildman–Crippen MR) is 54.5 cm³/mol. The molecule has 0 bridgehead atoms. The van der Waals surface area contributed by atoms with E-state index in [1.54, 1.807) is 6.92 Å². The van der Waals surface area contributed by atoms with Gasteiger partial charge >= 0.3 is 5.97 Å². The lowest BCUT2D eigenvalue weighted by molar-refractivity contribution is -0.385. The van der Waals surface area contributed by atoms with Crippen LogP contribution in [0.25, 0.3) is 0 Å². The first-order chi connectivity index (χ1) is 7.06. The molecule has 0 aliphatic heterocycles. The number of esters is 1. The Bertz CT molecular complexity index is 408. The van der Waals surface area contributed by atoms with Gasteiger partial charge in [0.05, 0.1) is 17.6 Å². The van der Waals surface area contributed by atoms with Crippen LogP contribution in [0.5, 0.6) is 0 Å². The molecule has 0 saturated carbocycles. The molecule has 0 spiro atoms. The van der Waals surface area contributed by atoms with Crippen LogP contribution < -0.4 is 0 Å². The highest BCUT2D eigenvalue weighted by atomic mass is 79.9. The normalized spacial score (nSPS) is 9.73. The molecule has 80 valence electrons. The Morgan fingerprint density at radius 2 is 2.40 bits per heavy atom. The third-order valence-electron chi connectivity index (χ3n) is 1.52. The molecule has 0 saturated heterocycles. The summed E-state index contributed by atoms with van der Waals surface area (Å²) in [5.41, 5.74) is -0.292. The van der Waals surface area contributed by atoms with Crippen molar-refractivity contribution in [2.45, 2.75) is 6.92 Å². The van der Waals surface area contributed by atoms with Crippen molar-refractivity contribution < 1.29 is 14.5 Å². The zero-order chi connectivity index (χ0) is 11.4. The number of hydrogen-bond acceptors (Lipinski definition) is 5. The lowest BCUT2D eigenvalue weighted by atomic mass is 10.3. The molecule has 0 aliphatic rings. The molecule has 0 aliphatic carbocycles. The Balaban J connectivity index is 3.07. The minimum absolute atomic E-state index is 0.0771. The zero-order valence-electron chi connectivity index (χ0n) is 7.77. The van der Waals surface area contributed by atoms with Crippen molar-refractivity contribution in [1.82, 2.24) is 4.98 Å². The largest absolute Gasteiger partial charge is 0.461 e. The van der Waals surface area contributed by atoms with Gasteiger partial charge < -0.3 is 4.74 Å². The van der Waals surface area contributed by atoms with Gasteiger partial charge in [0, 0.05) is 6.20 Å². The van der Waals surface area contributed by atoms with Gasteiger partial charge in [0.25, 0.3) is 5.69 Å². The number of rotatable bonds is 3. The van der Waals surface area contributed by atoms with E-state index in [1.165, 1.54) is 6.20 Å². The Morgan fingerprint density at radius 1 is 1.73 bits per heavy atom. The van der Waals surface area contributed by atoms with Gasteiger partial charge in [-0.15, -0.1) is 0 Å². The topological polar surface area (TPSA) is 82.3 Å². The Labute approximate surface area is 93.5 Å². The number of carbonyl (C=O) groups is 1. The van der Waals surface area contributed by atoms with Crippen molar-refractivity contribution in [3.8, 4) is 0 Å². The van der Waals surface area contributed by atoms with Gasteiger partial charge in [0.15, 0.2) is 5.69 Å². The van der Waals surface area contributed by atoms with Crippen molar-refractivity contribution in [1.29, 1.82) is 0 Å². The molecule has 0 unspecified atom stereocenters. The molecule has 1 rings (SSSR count). The van der Waals surface area contributed by atoms with E-state index in [9.17, 15) is 14.9 Å². The van der Waals surface area contributed by atoms with E-state index in [0.29, 0.717) is 0 Å². The maximum Gasteiger partial charge on any atom is 0.357 e. The Hall–Kier alpha value is -1.50. The van der Waals surface area contributed by atoms with Gasteiger partial charge in [-0.05, 0) is 22.9 Å². The van der Waals surface area contributed by atoms with Crippen LogP contribution in [-0.4, -0.2) is 22.5 Å². The van der Waals surface area contributed by atoms with Gasteiger partial charge in [-0.1, -0.05) is 0 Å². The van der Waals surface area contributed by atoms with Crippen LogP contribution in [0, 0.1) is 10.1 Å². The van der Waals surface area contributed by atoms with E-state index in [0.717, 1.165) is 6.07 Å². The monoisotopic (exact) mass is 274 g/mol. The van der Waals surface area contributed by atoms with Gasteiger partial charge in [-0.2, -0.15) is 0 Å². The quantitative estimate of drug-likeness (QED) is 0.478. The van der Waals surface area contributed by atoms with E-state index in [1.807, 2.05) is 0 Å². The molecule has 0 amide bonds. The highest BCUT2D eigenvalue weighted by molar-refractivity contribution is 9.10. The number of carbonyl (C=O) groups excluding carboxylic acids is 1. The molecule has 1 aromatic rings. The molecule has 1 heterocycles. The highest BCUT2D eigenvalue weighted by Gasteiger charge is 2.17. The molecule has 15 heavy (non-hydrogen) atoms. The second-order valence-corrected chi connectivity index (χ2v) is 3.35. The highest BCUT2D eigenvalue weighted by Crippen LogP contribution is 2.24. The molecule has 6 nitrogen and oxygen atoms in total. The van der Waals surface area contributed by atoms with Crippen molar-refractivity contribution >= 4 is 27.6 Å². The number of pyridine rings is 1. The average Bonchev–Trinajstić information content (AvgIpc) is 2.18. The summed E-state index contributed by atoms with van der Waals surface area (Å²) in [6.45, 7) is 1.84. The molecular weight excluding hydrogens is 268 g/mol. The molecule has 1 aromatic heterocycles. The maximum atomic E-state index is 11.2. The summed E-state index contributed by atoms with van der Waals surface area (Å²) in [5, 5.41) is 10.6. The molecule has 0 atom stereocenters. The zero-order valence-corrected chi connectivity index (χ0v) is 9.35. The summed E-state index contributed by atoms with van der Waals surface area (Å²) in [4.78, 5) is 24.9. The summed E-state index contributed by atoms with van der Waals surface area (Å²) in [7, 11) is 0. The number of aromatic nitrogens is 1. The second kappa shape index (κ2) is 4.83. The fourth-order valence-corrected chi connectivity index (χ4v) is 1.25. The Morgan fingerprint density at radius 3 is 2.93 bits per heavy atom. The van der Waals surface area contributed by atoms with Crippen LogP contribution in [0.1, 0.15) is 17.4 Å². The predicted octanol–water partition coefficient (Wildman–Crippen LogP) is 1.93. The fourth-order valence-electron chi connectivity index (χ4n) is 0.885. The van der Waals surface area contributed by atoms with Crippen LogP contribution in [-0.2, 0) is 4.74 Å². The van der Waals surface area contributed by atoms with Crippen LogP contribution >= 0.6 is 15.9 Å². The first-order valence-corrected chi connectivity index (χ1v) is 4.82. The molecule has 0 fully saturated rings. The lowest BCUT2D eigenvalue weighted by Crippen LogP contribution is -2.07. The van der Waals surface area contributed by atoms with Crippen molar-refractivity contribution in [3.05, 3.63) is 32.5 Å². The second-order valence-electron chi connectivity index (χ2n) is 2.50. The van der Waals surface area contributed by atoms with Crippen LogP contribution in [0.4, 0.5) is 5.69 Å². The van der Waals surface area contributed by atoms with Crippen molar-refractivity contribution in [2.75, 3.05) is 6.61 Å². The Kier molecular flexibility index (Phi) is 3.73. The van der Waals surface area contributed by atoms with E-state index in [2.05, 4.69) is 25.7 Å². The first kappa shape index (κ1) is 11.6. The summed E-state index contributed by atoms with van der Waals surface area (Å²) in [6.07, 6.45) is 1.20. The molecular formula is C8H7BrN2O4. The van der Waals surface area contributed by atoms with Gasteiger partial charge in [-0.3, -0.25) is 10.1 Å². The van der Waals surface area contributed by atoms with Crippen molar-refractivity contribution in [3.63, 3.8) is 0 Å². The molecule has 0 aromatic carbocycles. The summed E-state index contributed by atoms with van der Waals surface area (Å²) < 4.78 is 4.89. The number of hydrogen-bond donors (Lipinski definition) is 0. The van der Waals surface area contributed by atoms with Gasteiger partial charge in [0.1, 0.15) is 4.47 Å². The average molecular weight is 275 g/mol. The molecule has 0 N–H and O–H groups in total. The number of halogens is 1. The van der Waals surface area contributed by atoms with E-state index >= 15 is 0 Å². The third-order valence-corrected chi connectivity index (χ3v) is 2.13. The first-order valence-electron chi connectivity index (χ1n) is 4.03. The summed E-state index contributed by atoms with van der Waals surface area (Å²) >= 11 is 2.96. The van der Waals surface area contributed by atoms with E-state index < -0.39 is 10.9 Å². The van der Waals surface area contributed by atoms with Crippen LogP contribution in [0.3, 0.4) is 0 Å². The minimum Gasteiger partial charge on any atom is -0.461 e. The summed E-state index contributed by atoms with van der Waals surface area (Å²) in [5.74, 6) is -0.673. The van der Waals surface area contributed by atoms with Crippen LogP contribution in [0.2, 0.25) is 0 Å². The van der Waals surface area contributed by atoms with Crippen LogP contribution in [0.15, 0.2) is 16.7 Å². The number of nitro groups is 1. The number of ether oxygens (including phenoxy) is 1. The minimum atomic E-state index is -0.673. The van der Waals surface area contributed by atoms with E-state index in [-0.39, 0.29) is 22.5 Å². The fraction of sp³-hybridized carbons (Fsp3) is 0.250. The smallest absolute Gasteiger partial charge is 0.357 e. The van der Waals surface area contributed by atoms with Gasteiger partial charge in [0.2, 0.25) is 0 Å². The number of nitrogens with zero attached hydrogens (tertiary/aromatic N) is 2. The molecule has 0 radical (unpaired) electrons. The SMILES string of the molecule is CCOC(=O)c1cc([N+](=O)[O-])c(Br)cn1. The summed E-state index contributed by atoms with van der Waals surface area (Å²) in [6, 6.07) is 1.07. The lowest BCUT2D eigenvalue weighted by Gasteiger charge is -2.01. The maximum absolute atomic E-state index is 11.2. The third kappa shape index (κ3) is 2.72. The van der Waals surface area contributed by atoms with Crippen molar-refractivity contribution in [2.24, 2.45) is 0 Å².